The Balaban J connectivity index is 1.75. The Morgan fingerprint density at radius 3 is 3.00 bits per heavy atom. The van der Waals surface area contributed by atoms with Crippen LogP contribution in [0.5, 0.6) is 0 Å². The molecule has 1 aliphatic rings. The molecule has 0 spiro atoms. The maximum atomic E-state index is 12.8. The fraction of sp³-hybridized carbons (Fsp3) is 0.118. The molecule has 2 aromatic carbocycles. The highest BCUT2D eigenvalue weighted by atomic mass is 32.2. The Hall–Kier alpha value is -2.20. The number of anilines is 1. The third-order valence-corrected chi connectivity index (χ3v) is 4.82. The van der Waals surface area contributed by atoms with Crippen molar-refractivity contribution in [3.63, 3.8) is 0 Å². The highest BCUT2D eigenvalue weighted by Gasteiger charge is 2.23. The van der Waals surface area contributed by atoms with Crippen LogP contribution in [0.2, 0.25) is 0 Å². The first kappa shape index (κ1) is 12.5. The lowest BCUT2D eigenvalue weighted by Gasteiger charge is -2.29. The summed E-state index contributed by atoms with van der Waals surface area (Å²) in [6.45, 7) is 0.753. The third kappa shape index (κ3) is 2.12. The summed E-state index contributed by atoms with van der Waals surface area (Å²) in [4.78, 5) is 19.1. The number of amides is 1. The second kappa shape index (κ2) is 4.97. The summed E-state index contributed by atoms with van der Waals surface area (Å²) < 4.78 is 0. The van der Waals surface area contributed by atoms with E-state index in [1.165, 1.54) is 4.90 Å². The Labute approximate surface area is 127 Å². The second-order valence-corrected chi connectivity index (χ2v) is 6.19. The summed E-state index contributed by atoms with van der Waals surface area (Å²) in [5.41, 5.74) is 2.75. The molecule has 2 heterocycles. The van der Waals surface area contributed by atoms with E-state index < -0.39 is 0 Å². The molecule has 0 radical (unpaired) electrons. The van der Waals surface area contributed by atoms with E-state index in [2.05, 4.69) is 11.1 Å². The molecule has 1 aliphatic heterocycles. The van der Waals surface area contributed by atoms with E-state index in [0.717, 1.165) is 34.5 Å². The smallest absolute Gasteiger partial charge is 0.258 e. The first-order valence-corrected chi connectivity index (χ1v) is 7.92. The lowest BCUT2D eigenvalue weighted by Crippen LogP contribution is -2.35. The van der Waals surface area contributed by atoms with Crippen molar-refractivity contribution in [2.45, 2.75) is 4.90 Å². The van der Waals surface area contributed by atoms with Crippen molar-refractivity contribution < 1.29 is 4.79 Å². The standard InChI is InChI=1S/C17H14N2OS/c20-17(13-6-5-12-7-8-18-14(12)11-13)19-9-10-21-16-4-2-1-3-15(16)19/h1-8,11,18H,9-10H2. The van der Waals surface area contributed by atoms with Crippen LogP contribution in [0.3, 0.4) is 0 Å². The van der Waals surface area contributed by atoms with Crippen LogP contribution in [0.1, 0.15) is 10.4 Å². The van der Waals surface area contributed by atoms with Gasteiger partial charge in [-0.15, -0.1) is 11.8 Å². The monoisotopic (exact) mass is 294 g/mol. The topological polar surface area (TPSA) is 36.1 Å². The van der Waals surface area contributed by atoms with Gasteiger partial charge in [-0.05, 0) is 35.7 Å². The largest absolute Gasteiger partial charge is 0.361 e. The number of rotatable bonds is 1. The van der Waals surface area contributed by atoms with E-state index in [1.807, 2.05) is 65.3 Å². The molecule has 1 aromatic heterocycles. The van der Waals surface area contributed by atoms with Gasteiger partial charge in [-0.3, -0.25) is 4.79 Å². The highest BCUT2D eigenvalue weighted by molar-refractivity contribution is 7.99. The highest BCUT2D eigenvalue weighted by Crippen LogP contribution is 2.35. The summed E-state index contributed by atoms with van der Waals surface area (Å²) in [6.07, 6.45) is 1.89. The minimum Gasteiger partial charge on any atom is -0.361 e. The van der Waals surface area contributed by atoms with E-state index >= 15 is 0 Å². The number of benzene rings is 2. The predicted molar refractivity (Wildman–Crippen MR) is 87.1 cm³/mol. The minimum absolute atomic E-state index is 0.0688. The zero-order chi connectivity index (χ0) is 14.2. The van der Waals surface area contributed by atoms with Crippen molar-refractivity contribution >= 4 is 34.3 Å². The van der Waals surface area contributed by atoms with Crippen LogP contribution in [-0.2, 0) is 0 Å². The third-order valence-electron chi connectivity index (χ3n) is 3.78. The number of aromatic amines is 1. The van der Waals surface area contributed by atoms with Gasteiger partial charge in [0.05, 0.1) is 5.69 Å². The predicted octanol–water partition coefficient (Wildman–Crippen LogP) is 3.92. The number of nitrogens with one attached hydrogen (secondary N) is 1. The van der Waals surface area contributed by atoms with Gasteiger partial charge in [0.25, 0.3) is 5.91 Å². The van der Waals surface area contributed by atoms with Gasteiger partial charge in [0.1, 0.15) is 0 Å². The number of nitrogens with zero attached hydrogens (tertiary/aromatic N) is 1. The molecule has 0 bridgehead atoms. The Morgan fingerprint density at radius 1 is 1.14 bits per heavy atom. The van der Waals surface area contributed by atoms with Gasteiger partial charge in [0, 0.05) is 34.5 Å². The average Bonchev–Trinajstić information content (AvgIpc) is 3.01. The lowest BCUT2D eigenvalue weighted by molar-refractivity contribution is 0.0988. The van der Waals surface area contributed by atoms with Crippen LogP contribution in [0.4, 0.5) is 5.69 Å². The van der Waals surface area contributed by atoms with E-state index in [-0.39, 0.29) is 5.91 Å². The first-order valence-electron chi connectivity index (χ1n) is 6.94. The molecule has 4 heteroatoms. The molecule has 104 valence electrons. The van der Waals surface area contributed by atoms with Gasteiger partial charge in [-0.2, -0.15) is 0 Å². The minimum atomic E-state index is 0.0688. The van der Waals surface area contributed by atoms with Crippen LogP contribution in [0.15, 0.2) is 59.6 Å². The van der Waals surface area contributed by atoms with Gasteiger partial charge in [-0.25, -0.2) is 0 Å². The van der Waals surface area contributed by atoms with Crippen molar-refractivity contribution in [1.29, 1.82) is 0 Å². The molecule has 0 fully saturated rings. The Morgan fingerprint density at radius 2 is 2.05 bits per heavy atom. The van der Waals surface area contributed by atoms with Crippen molar-refractivity contribution in [3.8, 4) is 0 Å². The molecule has 1 amide bonds. The first-order chi connectivity index (χ1) is 10.3. The van der Waals surface area contributed by atoms with Gasteiger partial charge in [-0.1, -0.05) is 18.2 Å². The summed E-state index contributed by atoms with van der Waals surface area (Å²) in [6, 6.07) is 15.9. The Kier molecular flexibility index (Phi) is 2.97. The van der Waals surface area contributed by atoms with Gasteiger partial charge >= 0.3 is 0 Å². The fourth-order valence-electron chi connectivity index (χ4n) is 2.72. The van der Waals surface area contributed by atoms with Crippen LogP contribution in [-0.4, -0.2) is 23.2 Å². The molecule has 0 saturated heterocycles. The number of hydrogen-bond donors (Lipinski definition) is 1. The number of carbonyl (C=O) groups is 1. The van der Waals surface area contributed by atoms with Gasteiger partial charge in [0.15, 0.2) is 0 Å². The summed E-state index contributed by atoms with van der Waals surface area (Å²) >= 11 is 1.81. The summed E-state index contributed by atoms with van der Waals surface area (Å²) in [7, 11) is 0. The van der Waals surface area contributed by atoms with Gasteiger partial charge < -0.3 is 9.88 Å². The maximum absolute atomic E-state index is 12.8. The SMILES string of the molecule is O=C(c1ccc2cc[nH]c2c1)N1CCSc2ccccc21. The van der Waals surface area contributed by atoms with Crippen molar-refractivity contribution in [2.24, 2.45) is 0 Å². The summed E-state index contributed by atoms with van der Waals surface area (Å²) in [5, 5.41) is 1.13. The quantitative estimate of drug-likeness (QED) is 0.738. The number of fused-ring (bicyclic) bond motifs is 2. The van der Waals surface area contributed by atoms with Crippen LogP contribution in [0.25, 0.3) is 10.9 Å². The molecule has 0 unspecified atom stereocenters. The molecule has 21 heavy (non-hydrogen) atoms. The molecular formula is C17H14N2OS. The zero-order valence-corrected chi connectivity index (χ0v) is 12.2. The van der Waals surface area contributed by atoms with Crippen LogP contribution in [0, 0.1) is 0 Å². The van der Waals surface area contributed by atoms with Gasteiger partial charge in [0.2, 0.25) is 0 Å². The van der Waals surface area contributed by atoms with E-state index in [4.69, 9.17) is 0 Å². The molecule has 0 atom stereocenters. The molecule has 3 nitrogen and oxygen atoms in total. The van der Waals surface area contributed by atoms with E-state index in [9.17, 15) is 4.79 Å². The maximum Gasteiger partial charge on any atom is 0.258 e. The number of hydrogen-bond acceptors (Lipinski definition) is 2. The average molecular weight is 294 g/mol. The Bertz CT molecular complexity index is 824. The fourth-order valence-corrected chi connectivity index (χ4v) is 3.71. The zero-order valence-electron chi connectivity index (χ0n) is 11.4. The second-order valence-electron chi connectivity index (χ2n) is 5.05. The van der Waals surface area contributed by atoms with Crippen molar-refractivity contribution in [2.75, 3.05) is 17.2 Å². The summed E-state index contributed by atoms with van der Waals surface area (Å²) in [5.74, 6) is 1.01. The number of carbonyl (C=O) groups excluding carboxylic acids is 1. The van der Waals surface area contributed by atoms with E-state index in [0.29, 0.717) is 0 Å². The lowest BCUT2D eigenvalue weighted by atomic mass is 10.1. The van der Waals surface area contributed by atoms with Crippen LogP contribution >= 0.6 is 11.8 Å². The molecule has 3 aromatic rings. The van der Waals surface area contributed by atoms with Crippen molar-refractivity contribution in [1.82, 2.24) is 4.98 Å². The number of aromatic nitrogens is 1. The number of thioether (sulfide) groups is 1. The molecular weight excluding hydrogens is 280 g/mol. The molecule has 4 rings (SSSR count). The molecule has 0 saturated carbocycles. The molecule has 0 aliphatic carbocycles. The number of para-hydroxylation sites is 1. The molecule has 1 N–H and O–H groups in total. The van der Waals surface area contributed by atoms with E-state index in [1.54, 1.807) is 0 Å². The van der Waals surface area contributed by atoms with Crippen molar-refractivity contribution in [3.05, 3.63) is 60.3 Å². The number of H-pyrrole nitrogens is 1. The normalized spacial score (nSPS) is 14.2. The van der Waals surface area contributed by atoms with Crippen LogP contribution < -0.4 is 4.90 Å².